The average Bonchev–Trinajstić information content (AvgIpc) is 3.09. The van der Waals surface area contributed by atoms with Gasteiger partial charge in [-0.2, -0.15) is 0 Å². The number of hydrogen-bond acceptors (Lipinski definition) is 9. The number of aryl methyl sites for hydroxylation is 1. The number of carbonyl (C=O) groups excluding carboxylic acids is 2. The summed E-state index contributed by atoms with van der Waals surface area (Å²) in [6, 6.07) is 5.36. The standard InChI is InChI=1S/C28H38O9/c1-16-6-8-21-18(3)25(34-26-28(21)20(16)11-13-27(4,35-26)36-37-28)33-24(31)10-9-23(30)32-14-12-19-7-5-17(2)22(29)15-19/h5,7,15-16,18,20-21,25-26,29H,6,8-14H2,1-4H3/t16-,18-,20+,21?,25-,26-,27+,28?/m1/s1. The van der Waals surface area contributed by atoms with Crippen molar-refractivity contribution in [1.29, 1.82) is 0 Å². The van der Waals surface area contributed by atoms with Crippen LogP contribution in [0.5, 0.6) is 5.75 Å². The lowest BCUT2D eigenvalue weighted by atomic mass is 9.58. The van der Waals surface area contributed by atoms with Gasteiger partial charge in [-0.15, -0.1) is 0 Å². The molecule has 1 N–H and O–H groups in total. The van der Waals surface area contributed by atoms with E-state index in [1.807, 2.05) is 32.9 Å². The molecule has 1 aliphatic carbocycles. The van der Waals surface area contributed by atoms with Crippen LogP contribution in [0.2, 0.25) is 0 Å². The van der Waals surface area contributed by atoms with Crippen LogP contribution in [-0.4, -0.2) is 47.6 Å². The molecule has 0 amide bonds. The summed E-state index contributed by atoms with van der Waals surface area (Å²) in [5, 5.41) is 9.80. The zero-order chi connectivity index (χ0) is 26.4. The number of benzene rings is 1. The number of phenols is 1. The Hall–Kier alpha value is -2.20. The molecule has 1 aromatic carbocycles. The molecule has 4 aliphatic heterocycles. The number of hydrogen-bond donors (Lipinski definition) is 1. The molecule has 204 valence electrons. The van der Waals surface area contributed by atoms with Gasteiger partial charge in [0.25, 0.3) is 0 Å². The summed E-state index contributed by atoms with van der Waals surface area (Å²) < 4.78 is 23.5. The highest BCUT2D eigenvalue weighted by molar-refractivity contribution is 5.77. The van der Waals surface area contributed by atoms with Crippen molar-refractivity contribution < 1.29 is 43.4 Å². The minimum Gasteiger partial charge on any atom is -0.508 e. The first-order chi connectivity index (χ1) is 17.6. The highest BCUT2D eigenvalue weighted by atomic mass is 17.3. The Morgan fingerprint density at radius 1 is 1.08 bits per heavy atom. The highest BCUT2D eigenvalue weighted by Crippen LogP contribution is 2.60. The Morgan fingerprint density at radius 2 is 1.86 bits per heavy atom. The maximum absolute atomic E-state index is 12.7. The summed E-state index contributed by atoms with van der Waals surface area (Å²) in [5.74, 6) is -1.06. The molecule has 8 atom stereocenters. The molecule has 4 saturated heterocycles. The Balaban J connectivity index is 1.14. The van der Waals surface area contributed by atoms with Crippen molar-refractivity contribution in [3.05, 3.63) is 29.3 Å². The Morgan fingerprint density at radius 3 is 2.65 bits per heavy atom. The van der Waals surface area contributed by atoms with Crippen LogP contribution < -0.4 is 0 Å². The molecule has 9 nitrogen and oxygen atoms in total. The molecule has 5 aliphatic rings. The largest absolute Gasteiger partial charge is 0.508 e. The first-order valence-corrected chi connectivity index (χ1v) is 13.4. The first kappa shape index (κ1) is 26.4. The highest BCUT2D eigenvalue weighted by Gasteiger charge is 2.69. The number of phenolic OH excluding ortho intramolecular Hbond substituents is 1. The van der Waals surface area contributed by atoms with E-state index in [0.717, 1.165) is 30.4 Å². The minimum absolute atomic E-state index is 0.0547. The van der Waals surface area contributed by atoms with Crippen molar-refractivity contribution in [2.45, 2.75) is 96.6 Å². The van der Waals surface area contributed by atoms with Gasteiger partial charge in [0.15, 0.2) is 11.9 Å². The van der Waals surface area contributed by atoms with E-state index in [9.17, 15) is 14.7 Å². The van der Waals surface area contributed by atoms with Gasteiger partial charge in [-0.3, -0.25) is 9.59 Å². The fraction of sp³-hybridized carbons (Fsp3) is 0.714. The van der Waals surface area contributed by atoms with Gasteiger partial charge in [0.05, 0.1) is 19.4 Å². The van der Waals surface area contributed by atoms with Gasteiger partial charge in [-0.25, -0.2) is 9.78 Å². The Kier molecular flexibility index (Phi) is 7.26. The third-order valence-electron chi connectivity index (χ3n) is 8.81. The topological polar surface area (TPSA) is 110 Å². The fourth-order valence-electron chi connectivity index (χ4n) is 6.56. The van der Waals surface area contributed by atoms with Gasteiger partial charge in [-0.1, -0.05) is 26.0 Å². The average molecular weight is 519 g/mol. The maximum Gasteiger partial charge on any atom is 0.308 e. The number of ether oxygens (including phenoxy) is 4. The van der Waals surface area contributed by atoms with Crippen LogP contribution in [0.25, 0.3) is 0 Å². The molecule has 5 fully saturated rings. The van der Waals surface area contributed by atoms with E-state index < -0.39 is 35.9 Å². The van der Waals surface area contributed by atoms with Crippen LogP contribution in [0.15, 0.2) is 18.2 Å². The van der Waals surface area contributed by atoms with E-state index in [1.165, 1.54) is 0 Å². The summed E-state index contributed by atoms with van der Waals surface area (Å²) >= 11 is 0. The van der Waals surface area contributed by atoms with E-state index in [1.54, 1.807) is 6.07 Å². The van der Waals surface area contributed by atoms with E-state index in [-0.39, 0.29) is 43.0 Å². The molecule has 1 saturated carbocycles. The van der Waals surface area contributed by atoms with Crippen molar-refractivity contribution in [1.82, 2.24) is 0 Å². The second kappa shape index (κ2) is 10.2. The van der Waals surface area contributed by atoms with Crippen molar-refractivity contribution >= 4 is 11.9 Å². The van der Waals surface area contributed by atoms with Crippen LogP contribution in [0.4, 0.5) is 0 Å². The van der Waals surface area contributed by atoms with E-state index >= 15 is 0 Å². The van der Waals surface area contributed by atoms with Gasteiger partial charge in [0, 0.05) is 24.7 Å². The molecule has 1 spiro atoms. The van der Waals surface area contributed by atoms with Crippen molar-refractivity contribution in [2.24, 2.45) is 23.7 Å². The lowest BCUT2D eigenvalue weighted by molar-refractivity contribution is -0.576. The van der Waals surface area contributed by atoms with Crippen molar-refractivity contribution in [3.8, 4) is 5.75 Å². The number of esters is 2. The number of carbonyl (C=O) groups is 2. The molecule has 4 heterocycles. The zero-order valence-corrected chi connectivity index (χ0v) is 22.1. The third-order valence-corrected chi connectivity index (χ3v) is 8.81. The number of rotatable bonds is 7. The molecule has 0 aromatic heterocycles. The monoisotopic (exact) mass is 518 g/mol. The van der Waals surface area contributed by atoms with E-state index in [0.29, 0.717) is 18.8 Å². The molecule has 9 heteroatoms. The van der Waals surface area contributed by atoms with Crippen molar-refractivity contribution in [2.75, 3.05) is 6.61 Å². The second-order valence-corrected chi connectivity index (χ2v) is 11.4. The predicted molar refractivity (Wildman–Crippen MR) is 130 cm³/mol. The molecule has 2 bridgehead atoms. The summed E-state index contributed by atoms with van der Waals surface area (Å²) in [4.78, 5) is 36.8. The second-order valence-electron chi connectivity index (χ2n) is 11.4. The predicted octanol–water partition coefficient (Wildman–Crippen LogP) is 4.32. The normalized spacial score (nSPS) is 38.4. The summed E-state index contributed by atoms with van der Waals surface area (Å²) in [7, 11) is 0. The van der Waals surface area contributed by atoms with E-state index in [4.69, 9.17) is 28.7 Å². The molecule has 6 rings (SSSR count). The summed E-state index contributed by atoms with van der Waals surface area (Å²) in [6.45, 7) is 8.10. The van der Waals surface area contributed by atoms with E-state index in [2.05, 4.69) is 6.92 Å². The third kappa shape index (κ3) is 4.99. The number of fused-ring (bicyclic) bond motifs is 2. The first-order valence-electron chi connectivity index (χ1n) is 13.4. The summed E-state index contributed by atoms with van der Waals surface area (Å²) in [5.41, 5.74) is 0.943. The molecular formula is C28H38O9. The van der Waals surface area contributed by atoms with Crippen LogP contribution in [0, 0.1) is 30.6 Å². The Labute approximate surface area is 217 Å². The van der Waals surface area contributed by atoms with Crippen LogP contribution in [0.3, 0.4) is 0 Å². The molecular weight excluding hydrogens is 480 g/mol. The van der Waals surface area contributed by atoms with Crippen LogP contribution in [0.1, 0.15) is 70.4 Å². The Bertz CT molecular complexity index is 1030. The fourth-order valence-corrected chi connectivity index (χ4v) is 6.56. The molecule has 1 aromatic rings. The van der Waals surface area contributed by atoms with Gasteiger partial charge < -0.3 is 24.1 Å². The van der Waals surface area contributed by atoms with Crippen LogP contribution in [-0.2, 0) is 44.7 Å². The lowest BCUT2D eigenvalue weighted by Gasteiger charge is -2.59. The molecule has 2 unspecified atom stereocenters. The molecule has 0 radical (unpaired) electrons. The van der Waals surface area contributed by atoms with Gasteiger partial charge in [0.2, 0.25) is 12.1 Å². The number of aromatic hydroxyl groups is 1. The lowest BCUT2D eigenvalue weighted by Crippen LogP contribution is -2.70. The molecule has 37 heavy (non-hydrogen) atoms. The van der Waals surface area contributed by atoms with Crippen LogP contribution >= 0.6 is 0 Å². The summed E-state index contributed by atoms with van der Waals surface area (Å²) in [6.07, 6.45) is 2.42. The minimum atomic E-state index is -0.895. The van der Waals surface area contributed by atoms with Crippen molar-refractivity contribution in [3.63, 3.8) is 0 Å². The van der Waals surface area contributed by atoms with Gasteiger partial charge >= 0.3 is 11.9 Å². The quantitative estimate of drug-likeness (QED) is 0.417. The smallest absolute Gasteiger partial charge is 0.308 e. The maximum atomic E-state index is 12.7. The SMILES string of the molecule is Cc1ccc(CCOC(=O)CCC(=O)O[C@@H]2O[C@@H]3O[C@]4(C)CC[C@H]5[C@H](C)CCC([C@H]2C)C35OO4)cc1O. The zero-order valence-electron chi connectivity index (χ0n) is 22.1. The van der Waals surface area contributed by atoms with Gasteiger partial charge in [-0.05, 0) is 62.1 Å². The van der Waals surface area contributed by atoms with Gasteiger partial charge in [0.1, 0.15) is 5.75 Å².